The van der Waals surface area contributed by atoms with Crippen LogP contribution in [-0.2, 0) is 0 Å². The van der Waals surface area contributed by atoms with Gasteiger partial charge < -0.3 is 10.6 Å². The predicted molar refractivity (Wildman–Crippen MR) is 86.9 cm³/mol. The summed E-state index contributed by atoms with van der Waals surface area (Å²) < 4.78 is 0. The second-order valence-corrected chi connectivity index (χ2v) is 6.08. The van der Waals surface area contributed by atoms with Gasteiger partial charge in [0.15, 0.2) is 0 Å². The number of nitrogen functional groups attached to an aromatic ring is 1. The Morgan fingerprint density at radius 2 is 2.20 bits per heavy atom. The number of halogens is 1. The van der Waals surface area contributed by atoms with Crippen molar-refractivity contribution in [3.8, 4) is 0 Å². The van der Waals surface area contributed by atoms with E-state index in [1.54, 1.807) is 6.07 Å². The van der Waals surface area contributed by atoms with E-state index in [-0.39, 0.29) is 5.84 Å². The summed E-state index contributed by atoms with van der Waals surface area (Å²) in [6.45, 7) is 4.32. The first-order valence-corrected chi connectivity index (χ1v) is 7.88. The van der Waals surface area contributed by atoms with Crippen molar-refractivity contribution in [3.05, 3.63) is 28.8 Å². The highest BCUT2D eigenvalue weighted by Crippen LogP contribution is 2.29. The van der Waals surface area contributed by atoms with Gasteiger partial charge in [-0.15, -0.1) is 0 Å². The van der Waals surface area contributed by atoms with Gasteiger partial charge in [-0.3, -0.25) is 5.41 Å². The van der Waals surface area contributed by atoms with E-state index in [0.29, 0.717) is 5.02 Å². The lowest BCUT2D eigenvalue weighted by molar-refractivity contribution is 0.435. The van der Waals surface area contributed by atoms with E-state index in [0.717, 1.165) is 30.3 Å². The van der Waals surface area contributed by atoms with E-state index in [9.17, 15) is 0 Å². The third-order valence-electron chi connectivity index (χ3n) is 4.14. The van der Waals surface area contributed by atoms with Crippen LogP contribution in [0.5, 0.6) is 0 Å². The molecular weight excluding hydrogens is 270 g/mol. The maximum atomic E-state index is 7.73. The molecule has 1 heterocycles. The third-order valence-corrected chi connectivity index (χ3v) is 4.37. The maximum absolute atomic E-state index is 7.73. The molecule has 0 bridgehead atoms. The van der Waals surface area contributed by atoms with Crippen LogP contribution in [0.1, 0.15) is 44.6 Å². The molecule has 1 saturated heterocycles. The van der Waals surface area contributed by atoms with Crippen LogP contribution >= 0.6 is 11.6 Å². The molecular formula is C16H24ClN3. The number of hydrogen-bond acceptors (Lipinski definition) is 2. The number of amidine groups is 1. The highest BCUT2D eigenvalue weighted by atomic mass is 35.5. The second kappa shape index (κ2) is 6.98. The molecule has 4 heteroatoms. The summed E-state index contributed by atoms with van der Waals surface area (Å²) in [6, 6.07) is 5.60. The minimum absolute atomic E-state index is 0.117. The topological polar surface area (TPSA) is 53.1 Å². The molecule has 20 heavy (non-hydrogen) atoms. The van der Waals surface area contributed by atoms with Crippen LogP contribution < -0.4 is 10.6 Å². The zero-order valence-corrected chi connectivity index (χ0v) is 12.9. The number of nitrogens with zero attached hydrogens (tertiary/aromatic N) is 1. The zero-order chi connectivity index (χ0) is 14.5. The summed E-state index contributed by atoms with van der Waals surface area (Å²) in [6.07, 6.45) is 6.32. The molecule has 110 valence electrons. The van der Waals surface area contributed by atoms with Crippen LogP contribution in [0.15, 0.2) is 18.2 Å². The van der Waals surface area contributed by atoms with Gasteiger partial charge in [-0.2, -0.15) is 0 Å². The molecule has 0 saturated carbocycles. The average molecular weight is 294 g/mol. The first-order chi connectivity index (χ1) is 9.61. The largest absolute Gasteiger partial charge is 0.384 e. The summed E-state index contributed by atoms with van der Waals surface area (Å²) in [5.74, 6) is 0.955. The fraction of sp³-hybridized carbons (Fsp3) is 0.562. The monoisotopic (exact) mass is 293 g/mol. The van der Waals surface area contributed by atoms with Gasteiger partial charge in [-0.1, -0.05) is 31.4 Å². The van der Waals surface area contributed by atoms with Gasteiger partial charge in [0.1, 0.15) is 5.84 Å². The molecule has 1 unspecified atom stereocenters. The van der Waals surface area contributed by atoms with Gasteiger partial charge in [-0.25, -0.2) is 0 Å². The van der Waals surface area contributed by atoms with Crippen LogP contribution in [0.4, 0.5) is 5.69 Å². The number of hydrogen-bond donors (Lipinski definition) is 2. The molecule has 1 fully saturated rings. The number of nitrogens with one attached hydrogen (secondary N) is 1. The van der Waals surface area contributed by atoms with Gasteiger partial charge in [0.05, 0.1) is 0 Å². The van der Waals surface area contributed by atoms with E-state index in [2.05, 4.69) is 11.8 Å². The highest BCUT2D eigenvalue weighted by Gasteiger charge is 2.19. The fourth-order valence-electron chi connectivity index (χ4n) is 3.10. The number of benzene rings is 1. The van der Waals surface area contributed by atoms with Crippen molar-refractivity contribution in [1.82, 2.24) is 0 Å². The van der Waals surface area contributed by atoms with Crippen molar-refractivity contribution in [2.75, 3.05) is 18.0 Å². The van der Waals surface area contributed by atoms with E-state index in [1.165, 1.54) is 32.1 Å². The Labute approximate surface area is 126 Å². The third kappa shape index (κ3) is 3.66. The molecule has 0 spiro atoms. The molecule has 1 aromatic carbocycles. The fourth-order valence-corrected chi connectivity index (χ4v) is 3.26. The van der Waals surface area contributed by atoms with Gasteiger partial charge in [0, 0.05) is 29.4 Å². The molecule has 2 rings (SSSR count). The Kier molecular flexibility index (Phi) is 5.30. The summed E-state index contributed by atoms with van der Waals surface area (Å²) in [5, 5.41) is 8.44. The lowest BCUT2D eigenvalue weighted by Gasteiger charge is -2.25. The second-order valence-electron chi connectivity index (χ2n) is 5.65. The molecule has 0 aromatic heterocycles. The van der Waals surface area contributed by atoms with Crippen LogP contribution in [-0.4, -0.2) is 18.9 Å². The smallest absolute Gasteiger partial charge is 0.124 e. The zero-order valence-electron chi connectivity index (χ0n) is 12.2. The van der Waals surface area contributed by atoms with E-state index in [4.69, 9.17) is 22.7 Å². The molecule has 1 aliphatic rings. The van der Waals surface area contributed by atoms with Gasteiger partial charge in [0.2, 0.25) is 0 Å². The average Bonchev–Trinajstić information content (AvgIpc) is 2.64. The van der Waals surface area contributed by atoms with Crippen molar-refractivity contribution >= 4 is 23.1 Å². The van der Waals surface area contributed by atoms with Crippen LogP contribution in [0.3, 0.4) is 0 Å². The van der Waals surface area contributed by atoms with Crippen molar-refractivity contribution in [3.63, 3.8) is 0 Å². The van der Waals surface area contributed by atoms with Crippen molar-refractivity contribution in [2.24, 2.45) is 11.7 Å². The maximum Gasteiger partial charge on any atom is 0.124 e. The number of anilines is 1. The molecule has 1 aromatic rings. The molecule has 1 atom stereocenters. The van der Waals surface area contributed by atoms with Gasteiger partial charge in [-0.05, 0) is 43.4 Å². The molecule has 0 amide bonds. The van der Waals surface area contributed by atoms with Crippen LogP contribution in [0.2, 0.25) is 5.02 Å². The SMILES string of the molecule is CCCC1CCCN(c2cc(Cl)ccc2C(=N)N)CC1. The normalized spacial score (nSPS) is 19.7. The highest BCUT2D eigenvalue weighted by molar-refractivity contribution is 6.31. The molecule has 3 nitrogen and oxygen atoms in total. The van der Waals surface area contributed by atoms with Crippen molar-refractivity contribution in [2.45, 2.75) is 39.0 Å². The number of rotatable bonds is 4. The van der Waals surface area contributed by atoms with Crippen LogP contribution in [0.25, 0.3) is 0 Å². The lowest BCUT2D eigenvalue weighted by Crippen LogP contribution is -2.27. The molecule has 1 aliphatic heterocycles. The first-order valence-electron chi connectivity index (χ1n) is 7.50. The Bertz CT molecular complexity index is 473. The van der Waals surface area contributed by atoms with Crippen LogP contribution in [0, 0.1) is 11.3 Å². The van der Waals surface area contributed by atoms with Crippen molar-refractivity contribution in [1.29, 1.82) is 5.41 Å². The minimum Gasteiger partial charge on any atom is -0.384 e. The quantitative estimate of drug-likeness (QED) is 0.650. The number of nitrogens with two attached hydrogens (primary N) is 1. The Balaban J connectivity index is 2.18. The summed E-state index contributed by atoms with van der Waals surface area (Å²) >= 11 is 6.12. The molecule has 0 aliphatic carbocycles. The Morgan fingerprint density at radius 1 is 1.40 bits per heavy atom. The summed E-state index contributed by atoms with van der Waals surface area (Å²) in [4.78, 5) is 2.35. The lowest BCUT2D eigenvalue weighted by atomic mass is 9.96. The Hall–Kier alpha value is -1.22. The first kappa shape index (κ1) is 15.2. The van der Waals surface area contributed by atoms with Gasteiger partial charge >= 0.3 is 0 Å². The minimum atomic E-state index is 0.117. The summed E-state index contributed by atoms with van der Waals surface area (Å²) in [5.41, 5.74) is 7.51. The Morgan fingerprint density at radius 3 is 2.90 bits per heavy atom. The molecule has 0 radical (unpaired) electrons. The van der Waals surface area contributed by atoms with E-state index in [1.807, 2.05) is 12.1 Å². The van der Waals surface area contributed by atoms with Gasteiger partial charge in [0.25, 0.3) is 0 Å². The standard InChI is InChI=1S/C16H24ClN3/c1-2-4-12-5-3-9-20(10-8-12)15-11-13(17)6-7-14(15)16(18)19/h6-7,11-12H,2-5,8-10H2,1H3,(H3,18,19). The van der Waals surface area contributed by atoms with Crippen molar-refractivity contribution < 1.29 is 0 Å². The predicted octanol–water partition coefficient (Wildman–Crippen LogP) is 4.03. The van der Waals surface area contributed by atoms with E-state index < -0.39 is 0 Å². The molecule has 3 N–H and O–H groups in total. The summed E-state index contributed by atoms with van der Waals surface area (Å²) in [7, 11) is 0. The van der Waals surface area contributed by atoms with E-state index >= 15 is 0 Å².